The molecule has 1 aromatic carbocycles. The Bertz CT molecular complexity index is 485. The van der Waals surface area contributed by atoms with Crippen molar-refractivity contribution in [3.05, 3.63) is 24.3 Å². The third kappa shape index (κ3) is 1.46. The lowest BCUT2D eigenvalue weighted by Crippen LogP contribution is -2.34. The molecule has 1 aliphatic heterocycles. The molecule has 4 nitrogen and oxygen atoms in total. The van der Waals surface area contributed by atoms with E-state index < -0.39 is 10.3 Å². The second-order valence-corrected chi connectivity index (χ2v) is 3.96. The van der Waals surface area contributed by atoms with Crippen LogP contribution in [0.2, 0.25) is 0 Å². The van der Waals surface area contributed by atoms with E-state index in [1.165, 1.54) is 0 Å². The summed E-state index contributed by atoms with van der Waals surface area (Å²) in [4.78, 5) is 1.84. The molecule has 0 unspecified atom stereocenters. The first kappa shape index (κ1) is 9.08. The molecule has 5 heteroatoms. The minimum absolute atomic E-state index is 0.0613. The first-order valence-electron chi connectivity index (χ1n) is 4.11. The Balaban J connectivity index is 2.54. The Morgan fingerprint density at radius 1 is 1.36 bits per heavy atom. The molecule has 0 spiro atoms. The molecule has 0 aromatic heterocycles. The molecule has 74 valence electrons. The van der Waals surface area contributed by atoms with Gasteiger partial charge in [0.25, 0.3) is 10.3 Å². The number of likely N-dealkylation sites (N-methyl/N-ethyl adjacent to an activating group) is 1. The number of ether oxygens (including phenoxy) is 1. The fourth-order valence-electron chi connectivity index (χ4n) is 1.38. The van der Waals surface area contributed by atoms with Gasteiger partial charge < -0.3 is 9.64 Å². The average molecular weight is 211 g/mol. The standard InChI is InChI=1S/C9H9NO3S/c1-10-6-9(14(11)12)13-8-5-3-2-4-7(8)10/h2-5H,6H2,1H3. The van der Waals surface area contributed by atoms with Gasteiger partial charge in [0.15, 0.2) is 5.75 Å². The van der Waals surface area contributed by atoms with E-state index in [2.05, 4.69) is 0 Å². The summed E-state index contributed by atoms with van der Waals surface area (Å²) in [6.45, 7) is 0.285. The molecule has 0 bridgehead atoms. The quantitative estimate of drug-likeness (QED) is 0.587. The maximum atomic E-state index is 10.7. The largest absolute Gasteiger partial charge is 0.441 e. The smallest absolute Gasteiger partial charge is 0.255 e. The number of nitrogens with zero attached hydrogens (tertiary/aromatic N) is 1. The number of benzene rings is 1. The van der Waals surface area contributed by atoms with Gasteiger partial charge in [-0.3, -0.25) is 0 Å². The van der Waals surface area contributed by atoms with Crippen molar-refractivity contribution < 1.29 is 13.2 Å². The molecule has 0 aliphatic carbocycles. The van der Waals surface area contributed by atoms with Gasteiger partial charge in [0, 0.05) is 7.05 Å². The van der Waals surface area contributed by atoms with Gasteiger partial charge in [0.05, 0.1) is 12.2 Å². The highest BCUT2D eigenvalue weighted by Crippen LogP contribution is 2.29. The lowest BCUT2D eigenvalue weighted by molar-refractivity contribution is 0.531. The van der Waals surface area contributed by atoms with Crippen molar-refractivity contribution in [2.75, 3.05) is 18.5 Å². The van der Waals surface area contributed by atoms with Crippen LogP contribution >= 0.6 is 0 Å². The zero-order chi connectivity index (χ0) is 10.1. The molecule has 0 saturated carbocycles. The molecule has 1 heterocycles. The monoisotopic (exact) mass is 211 g/mol. The molecule has 0 saturated heterocycles. The molecule has 1 aliphatic rings. The number of para-hydroxylation sites is 2. The van der Waals surface area contributed by atoms with E-state index in [0.717, 1.165) is 5.69 Å². The van der Waals surface area contributed by atoms with Crippen molar-refractivity contribution in [3.8, 4) is 5.75 Å². The van der Waals surface area contributed by atoms with E-state index in [9.17, 15) is 8.42 Å². The van der Waals surface area contributed by atoms with Gasteiger partial charge >= 0.3 is 0 Å². The molecular weight excluding hydrogens is 202 g/mol. The van der Waals surface area contributed by atoms with E-state index in [1.807, 2.05) is 30.1 Å². The highest BCUT2D eigenvalue weighted by atomic mass is 32.2. The first-order valence-corrected chi connectivity index (χ1v) is 5.19. The van der Waals surface area contributed by atoms with Crippen LogP contribution in [0.4, 0.5) is 5.69 Å². The summed E-state index contributed by atoms with van der Waals surface area (Å²) in [7, 11) is -0.450. The zero-order valence-corrected chi connectivity index (χ0v) is 8.41. The Morgan fingerprint density at radius 2 is 2.07 bits per heavy atom. The topological polar surface area (TPSA) is 46.6 Å². The van der Waals surface area contributed by atoms with Crippen molar-refractivity contribution in [1.82, 2.24) is 0 Å². The lowest BCUT2D eigenvalue weighted by atomic mass is 10.2. The fraction of sp³-hybridized carbons (Fsp3) is 0.222. The molecule has 2 rings (SSSR count). The first-order chi connectivity index (χ1) is 6.68. The summed E-state index contributed by atoms with van der Waals surface area (Å²) in [6, 6.07) is 7.33. The maximum Gasteiger partial charge on any atom is 0.255 e. The van der Waals surface area contributed by atoms with Crippen LogP contribution in [0.3, 0.4) is 0 Å². The van der Waals surface area contributed by atoms with Gasteiger partial charge in [0.1, 0.15) is 0 Å². The predicted octanol–water partition coefficient (Wildman–Crippen LogP) is 0.524. The second-order valence-electron chi connectivity index (χ2n) is 3.03. The minimum Gasteiger partial charge on any atom is -0.441 e. The van der Waals surface area contributed by atoms with Crippen LogP contribution in [0.5, 0.6) is 5.75 Å². The number of anilines is 1. The average Bonchev–Trinajstić information content (AvgIpc) is 2.17. The summed E-state index contributed by atoms with van der Waals surface area (Å²) in [5.41, 5.74) is 0.904. The van der Waals surface area contributed by atoms with Crippen LogP contribution < -0.4 is 9.64 Å². The predicted molar refractivity (Wildman–Crippen MR) is 54.3 cm³/mol. The van der Waals surface area contributed by atoms with Crippen molar-refractivity contribution in [1.29, 1.82) is 0 Å². The fourth-order valence-corrected chi connectivity index (χ4v) is 1.84. The SMILES string of the molecule is CN1CC(=S(=O)=O)Oc2ccccc21. The van der Waals surface area contributed by atoms with E-state index in [4.69, 9.17) is 4.74 Å². The van der Waals surface area contributed by atoms with E-state index in [-0.39, 0.29) is 11.6 Å². The van der Waals surface area contributed by atoms with Crippen molar-refractivity contribution in [3.63, 3.8) is 0 Å². The number of hydrogen-bond donors (Lipinski definition) is 0. The lowest BCUT2D eigenvalue weighted by Gasteiger charge is -2.26. The van der Waals surface area contributed by atoms with Crippen LogP contribution in [0.1, 0.15) is 0 Å². The van der Waals surface area contributed by atoms with Gasteiger partial charge in [-0.25, -0.2) is 0 Å². The molecule has 0 atom stereocenters. The van der Waals surface area contributed by atoms with Crippen molar-refractivity contribution in [2.24, 2.45) is 0 Å². The Hall–Kier alpha value is -1.49. The summed E-state index contributed by atoms with van der Waals surface area (Å²) in [5, 5.41) is 0.0613. The summed E-state index contributed by atoms with van der Waals surface area (Å²) in [5.74, 6) is 0.584. The van der Waals surface area contributed by atoms with Crippen LogP contribution in [-0.2, 0) is 10.3 Å². The number of rotatable bonds is 0. The Kier molecular flexibility index (Phi) is 2.17. The normalized spacial score (nSPS) is 14.6. The van der Waals surface area contributed by atoms with Crippen LogP contribution in [0, 0.1) is 0 Å². The Morgan fingerprint density at radius 3 is 2.79 bits per heavy atom. The molecule has 1 aromatic rings. The van der Waals surface area contributed by atoms with Crippen LogP contribution in [0.25, 0.3) is 0 Å². The van der Waals surface area contributed by atoms with Gasteiger partial charge in [0.2, 0.25) is 5.05 Å². The van der Waals surface area contributed by atoms with Gasteiger partial charge in [-0.2, -0.15) is 8.42 Å². The maximum absolute atomic E-state index is 10.7. The highest BCUT2D eigenvalue weighted by molar-refractivity contribution is 7.72. The van der Waals surface area contributed by atoms with Gasteiger partial charge in [-0.15, -0.1) is 0 Å². The molecule has 0 fully saturated rings. The minimum atomic E-state index is -2.28. The third-order valence-corrected chi connectivity index (χ3v) is 2.64. The molecule has 0 N–H and O–H groups in total. The molecular formula is C9H9NO3S. The van der Waals surface area contributed by atoms with Crippen molar-refractivity contribution >= 4 is 21.0 Å². The van der Waals surface area contributed by atoms with E-state index in [0.29, 0.717) is 5.75 Å². The summed E-state index contributed by atoms with van der Waals surface area (Å²) >= 11 is 0. The number of hydrogen-bond acceptors (Lipinski definition) is 4. The second kappa shape index (κ2) is 3.34. The number of fused-ring (bicyclic) bond motifs is 1. The summed E-state index contributed by atoms with van der Waals surface area (Å²) in [6.07, 6.45) is 0. The Labute approximate surface area is 83.3 Å². The zero-order valence-electron chi connectivity index (χ0n) is 7.60. The highest BCUT2D eigenvalue weighted by Gasteiger charge is 2.19. The molecule has 0 radical (unpaired) electrons. The van der Waals surface area contributed by atoms with Crippen LogP contribution in [0.15, 0.2) is 24.3 Å². The van der Waals surface area contributed by atoms with E-state index >= 15 is 0 Å². The summed E-state index contributed by atoms with van der Waals surface area (Å²) < 4.78 is 26.7. The molecule has 14 heavy (non-hydrogen) atoms. The van der Waals surface area contributed by atoms with E-state index in [1.54, 1.807) is 6.07 Å². The third-order valence-electron chi connectivity index (χ3n) is 2.05. The van der Waals surface area contributed by atoms with Gasteiger partial charge in [-0.05, 0) is 12.1 Å². The van der Waals surface area contributed by atoms with Crippen molar-refractivity contribution in [2.45, 2.75) is 0 Å². The van der Waals surface area contributed by atoms with Crippen LogP contribution in [-0.4, -0.2) is 27.1 Å². The molecule has 0 amide bonds. The van der Waals surface area contributed by atoms with Gasteiger partial charge in [-0.1, -0.05) is 12.1 Å².